The molecule has 1 unspecified atom stereocenters. The van der Waals surface area contributed by atoms with Gasteiger partial charge in [0.2, 0.25) is 5.91 Å². The van der Waals surface area contributed by atoms with Crippen molar-refractivity contribution in [2.75, 3.05) is 11.4 Å². The van der Waals surface area contributed by atoms with E-state index in [9.17, 15) is 14.4 Å². The summed E-state index contributed by atoms with van der Waals surface area (Å²) in [6, 6.07) is 24.9. The number of likely N-dealkylation sites (tertiary alicyclic amines) is 1. The minimum atomic E-state index is -0.591. The van der Waals surface area contributed by atoms with Crippen molar-refractivity contribution in [3.63, 3.8) is 0 Å². The molecule has 1 heterocycles. The zero-order valence-corrected chi connectivity index (χ0v) is 26.7. The monoisotopic (exact) mass is 662 g/mol. The summed E-state index contributed by atoms with van der Waals surface area (Å²) in [6.07, 6.45) is 3.09. The lowest BCUT2D eigenvalue weighted by Gasteiger charge is -2.36. The number of anilines is 2. The Hall–Kier alpha value is -3.26. The molecule has 0 radical (unpaired) electrons. The van der Waals surface area contributed by atoms with E-state index >= 15 is 0 Å². The quantitative estimate of drug-likeness (QED) is 0.182. The molecular weight excluding hydrogens is 623 g/mol. The summed E-state index contributed by atoms with van der Waals surface area (Å²) in [7, 11) is 0. The molecule has 0 saturated carbocycles. The van der Waals surface area contributed by atoms with Crippen LogP contribution in [0.4, 0.5) is 11.4 Å². The summed E-state index contributed by atoms with van der Waals surface area (Å²) in [6.45, 7) is 10.4. The molecule has 2 amide bonds. The van der Waals surface area contributed by atoms with Gasteiger partial charge < -0.3 is 4.90 Å². The Labute approximate surface area is 257 Å². The van der Waals surface area contributed by atoms with Gasteiger partial charge in [-0.15, -0.1) is 0 Å². The summed E-state index contributed by atoms with van der Waals surface area (Å²) in [5.74, 6) is -0.881. The molecule has 0 aliphatic carbocycles. The number of halogens is 1. The van der Waals surface area contributed by atoms with Gasteiger partial charge in [0.05, 0.1) is 5.92 Å². The fraction of sp³-hybridized carbons (Fsp3) is 0.343. The molecule has 6 heteroatoms. The van der Waals surface area contributed by atoms with Crippen molar-refractivity contribution in [3.05, 3.63) is 99.6 Å². The number of hydrogen-bond donors (Lipinski definition) is 0. The van der Waals surface area contributed by atoms with Gasteiger partial charge in [-0.2, -0.15) is 0 Å². The Balaban J connectivity index is 1.59. The van der Waals surface area contributed by atoms with E-state index in [2.05, 4.69) is 22.6 Å². The second-order valence-electron chi connectivity index (χ2n) is 12.0. The van der Waals surface area contributed by atoms with Gasteiger partial charge in [-0.25, -0.2) is 0 Å². The molecule has 0 bridgehead atoms. The first-order valence-corrected chi connectivity index (χ1v) is 15.3. The standard InChI is InChI=1S/C35H39IN2O3/c1-24-13-15-26(16-14-24)25(2)22-30(39)23-31(35(3,4)5)33(40)37-21-9-12-32(37)34(41)38(28-10-7-6-8-11-28)29-19-17-27(36)18-20-29/h6-8,10-11,13-20,22,31-32H,9,12,21,23H2,1-5H3/b25-22+/t31?,32-/m0/s1. The summed E-state index contributed by atoms with van der Waals surface area (Å²) in [5.41, 5.74) is 4.10. The van der Waals surface area contributed by atoms with Crippen LogP contribution >= 0.6 is 22.6 Å². The van der Waals surface area contributed by atoms with Gasteiger partial charge in [-0.05, 0) is 108 Å². The van der Waals surface area contributed by atoms with Crippen LogP contribution in [-0.2, 0) is 14.4 Å². The maximum absolute atomic E-state index is 14.2. The fourth-order valence-electron chi connectivity index (χ4n) is 5.37. The largest absolute Gasteiger partial charge is 0.330 e. The molecule has 0 N–H and O–H groups in total. The third kappa shape index (κ3) is 7.53. The second kappa shape index (κ2) is 13.1. The topological polar surface area (TPSA) is 57.7 Å². The number of ketones is 1. The molecule has 0 spiro atoms. The first kappa shape index (κ1) is 30.7. The van der Waals surface area contributed by atoms with Crippen LogP contribution < -0.4 is 4.90 Å². The van der Waals surface area contributed by atoms with Crippen molar-refractivity contribution in [2.45, 2.75) is 59.9 Å². The number of amides is 2. The average Bonchev–Trinajstić information content (AvgIpc) is 3.43. The van der Waals surface area contributed by atoms with E-state index in [1.807, 2.05) is 113 Å². The van der Waals surface area contributed by atoms with Gasteiger partial charge in [0.1, 0.15) is 6.04 Å². The van der Waals surface area contributed by atoms with Crippen molar-refractivity contribution in [1.82, 2.24) is 4.90 Å². The first-order valence-electron chi connectivity index (χ1n) is 14.2. The van der Waals surface area contributed by atoms with Crippen LogP contribution in [0.2, 0.25) is 0 Å². The van der Waals surface area contributed by atoms with Crippen molar-refractivity contribution in [1.29, 1.82) is 0 Å². The Kier molecular flexibility index (Phi) is 9.84. The fourth-order valence-corrected chi connectivity index (χ4v) is 5.73. The summed E-state index contributed by atoms with van der Waals surface area (Å²) < 4.78 is 1.08. The van der Waals surface area contributed by atoms with Gasteiger partial charge >= 0.3 is 0 Å². The highest BCUT2D eigenvalue weighted by atomic mass is 127. The number of carbonyl (C=O) groups excluding carboxylic acids is 3. The molecule has 5 nitrogen and oxygen atoms in total. The lowest BCUT2D eigenvalue weighted by molar-refractivity contribution is -0.145. The summed E-state index contributed by atoms with van der Waals surface area (Å²) >= 11 is 2.25. The van der Waals surface area contributed by atoms with Gasteiger partial charge in [-0.1, -0.05) is 68.8 Å². The maximum Gasteiger partial charge on any atom is 0.254 e. The Morgan fingerprint density at radius 3 is 2.17 bits per heavy atom. The lowest BCUT2D eigenvalue weighted by atomic mass is 9.76. The van der Waals surface area contributed by atoms with Crippen LogP contribution in [0.25, 0.3) is 5.57 Å². The zero-order chi connectivity index (χ0) is 29.7. The predicted molar refractivity (Wildman–Crippen MR) is 175 cm³/mol. The molecular formula is C35H39IN2O3. The summed E-state index contributed by atoms with van der Waals surface area (Å²) in [5, 5.41) is 0. The highest BCUT2D eigenvalue weighted by Crippen LogP contribution is 2.36. The van der Waals surface area contributed by atoms with Crippen LogP contribution in [-0.4, -0.2) is 35.1 Å². The van der Waals surface area contributed by atoms with Crippen LogP contribution in [0, 0.1) is 21.8 Å². The minimum Gasteiger partial charge on any atom is -0.330 e. The number of carbonyl (C=O) groups is 3. The smallest absolute Gasteiger partial charge is 0.254 e. The minimum absolute atomic E-state index is 0.0803. The van der Waals surface area contributed by atoms with E-state index in [-0.39, 0.29) is 24.0 Å². The second-order valence-corrected chi connectivity index (χ2v) is 13.2. The number of nitrogens with zero attached hydrogens (tertiary/aromatic N) is 2. The number of aryl methyl sites for hydroxylation is 1. The van der Waals surface area contributed by atoms with E-state index in [0.29, 0.717) is 13.0 Å². The highest BCUT2D eigenvalue weighted by Gasteiger charge is 2.43. The van der Waals surface area contributed by atoms with Crippen LogP contribution in [0.5, 0.6) is 0 Å². The molecule has 214 valence electrons. The Morgan fingerprint density at radius 2 is 1.56 bits per heavy atom. The van der Waals surface area contributed by atoms with Crippen molar-refractivity contribution >= 4 is 57.1 Å². The highest BCUT2D eigenvalue weighted by molar-refractivity contribution is 14.1. The molecule has 2 atom stereocenters. The lowest BCUT2D eigenvalue weighted by Crippen LogP contribution is -2.50. The van der Waals surface area contributed by atoms with Gasteiger partial charge in [-0.3, -0.25) is 19.3 Å². The number of rotatable bonds is 8. The molecule has 1 aliphatic heterocycles. The maximum atomic E-state index is 14.2. The third-order valence-electron chi connectivity index (χ3n) is 7.77. The van der Waals surface area contributed by atoms with Crippen LogP contribution in [0.15, 0.2) is 84.9 Å². The van der Waals surface area contributed by atoms with Gasteiger partial charge in [0.25, 0.3) is 5.91 Å². The predicted octanol–water partition coefficient (Wildman–Crippen LogP) is 7.98. The Bertz CT molecular complexity index is 1410. The molecule has 1 fully saturated rings. The molecule has 41 heavy (non-hydrogen) atoms. The van der Waals surface area contributed by atoms with Gasteiger partial charge in [0.15, 0.2) is 5.78 Å². The molecule has 3 aromatic carbocycles. The Morgan fingerprint density at radius 1 is 0.951 bits per heavy atom. The zero-order valence-electron chi connectivity index (χ0n) is 24.6. The van der Waals surface area contributed by atoms with E-state index in [1.54, 1.807) is 15.9 Å². The molecule has 4 rings (SSSR count). The molecule has 1 saturated heterocycles. The van der Waals surface area contributed by atoms with Crippen molar-refractivity contribution < 1.29 is 14.4 Å². The van der Waals surface area contributed by atoms with Gasteiger partial charge in [0, 0.05) is 27.9 Å². The SMILES string of the molecule is C/C(=C\C(=O)CC(C(=O)N1CCC[C@H]1C(=O)N(c1ccccc1)c1ccc(I)cc1)C(C)(C)C)c1ccc(C)cc1. The average molecular weight is 663 g/mol. The third-order valence-corrected chi connectivity index (χ3v) is 8.49. The summed E-state index contributed by atoms with van der Waals surface area (Å²) in [4.78, 5) is 45.1. The van der Waals surface area contributed by atoms with Crippen molar-refractivity contribution in [2.24, 2.45) is 11.3 Å². The van der Waals surface area contributed by atoms with E-state index in [4.69, 9.17) is 0 Å². The first-order chi connectivity index (χ1) is 19.5. The van der Waals surface area contributed by atoms with E-state index < -0.39 is 17.4 Å². The molecule has 3 aromatic rings. The molecule has 1 aliphatic rings. The van der Waals surface area contributed by atoms with E-state index in [1.165, 1.54) is 0 Å². The van der Waals surface area contributed by atoms with Crippen molar-refractivity contribution in [3.8, 4) is 0 Å². The van der Waals surface area contributed by atoms with Crippen LogP contribution in [0.1, 0.15) is 58.1 Å². The number of benzene rings is 3. The van der Waals surface area contributed by atoms with Crippen LogP contribution in [0.3, 0.4) is 0 Å². The number of hydrogen-bond acceptors (Lipinski definition) is 3. The normalized spacial score (nSPS) is 16.4. The van der Waals surface area contributed by atoms with E-state index in [0.717, 1.165) is 38.1 Å². The molecule has 0 aromatic heterocycles. The number of para-hydroxylation sites is 1. The number of allylic oxidation sites excluding steroid dienone is 2.